The topological polar surface area (TPSA) is 56.6 Å². The van der Waals surface area contributed by atoms with Crippen molar-refractivity contribution in [2.24, 2.45) is 0 Å². The molecule has 1 heterocycles. The van der Waals surface area contributed by atoms with E-state index >= 15 is 0 Å². The third-order valence-corrected chi connectivity index (χ3v) is 2.68. The molecule has 3 nitrogen and oxygen atoms in total. The average molecular weight is 285 g/mol. The van der Waals surface area contributed by atoms with Gasteiger partial charge in [0.15, 0.2) is 0 Å². The normalized spacial score (nSPS) is 10.4. The molecule has 2 aromatic rings. The largest absolute Gasteiger partial charge is 0.318 e. The van der Waals surface area contributed by atoms with Gasteiger partial charge < -0.3 is 4.98 Å². The van der Waals surface area contributed by atoms with Crippen molar-refractivity contribution in [3.8, 4) is 6.07 Å². The fourth-order valence-electron chi connectivity index (χ4n) is 1.35. The predicted octanol–water partition coefficient (Wildman–Crippen LogP) is 2.44. The first kappa shape index (κ1) is 10.8. The van der Waals surface area contributed by atoms with Crippen LogP contribution in [0.15, 0.2) is 21.4 Å². The number of pyridine rings is 1. The number of aromatic nitrogens is 1. The highest BCUT2D eigenvalue weighted by Crippen LogP contribution is 2.25. The Balaban J connectivity index is 3.03. The van der Waals surface area contributed by atoms with Gasteiger partial charge in [-0.3, -0.25) is 4.79 Å². The number of H-pyrrole nitrogens is 1. The number of benzene rings is 1. The number of fused-ring (bicyclic) bond motifs is 1. The monoisotopic (exact) mass is 284 g/mol. The number of nitriles is 1. The van der Waals surface area contributed by atoms with Crippen LogP contribution in [0.5, 0.6) is 0 Å². The number of halogens is 3. The van der Waals surface area contributed by atoms with E-state index in [1.807, 2.05) is 0 Å². The van der Waals surface area contributed by atoms with E-state index < -0.39 is 17.2 Å². The molecule has 0 aliphatic carbocycles. The molecule has 0 saturated carbocycles. The number of hydrogen-bond acceptors (Lipinski definition) is 2. The number of aromatic amines is 1. The maximum Gasteiger partial charge on any atom is 0.266 e. The zero-order valence-electron chi connectivity index (χ0n) is 7.64. The number of rotatable bonds is 0. The molecule has 0 aliphatic heterocycles. The summed E-state index contributed by atoms with van der Waals surface area (Å²) in [5.41, 5.74) is -1.25. The van der Waals surface area contributed by atoms with Crippen molar-refractivity contribution in [1.29, 1.82) is 5.26 Å². The summed E-state index contributed by atoms with van der Waals surface area (Å²) >= 11 is 2.84. The third-order valence-electron chi connectivity index (χ3n) is 2.10. The quantitative estimate of drug-likeness (QED) is 0.756. The number of nitrogens with zero attached hydrogens (tertiary/aromatic N) is 1. The summed E-state index contributed by atoms with van der Waals surface area (Å²) in [4.78, 5) is 13.4. The Labute approximate surface area is 96.5 Å². The van der Waals surface area contributed by atoms with Gasteiger partial charge in [-0.05, 0) is 28.1 Å². The number of hydrogen-bond donors (Lipinski definition) is 1. The van der Waals surface area contributed by atoms with Crippen molar-refractivity contribution in [2.75, 3.05) is 0 Å². The second-order valence-corrected chi connectivity index (χ2v) is 3.92. The average Bonchev–Trinajstić information content (AvgIpc) is 2.25. The Morgan fingerprint density at radius 3 is 2.69 bits per heavy atom. The summed E-state index contributed by atoms with van der Waals surface area (Å²) < 4.78 is 26.9. The lowest BCUT2D eigenvalue weighted by molar-refractivity contribution is 0.609. The summed E-state index contributed by atoms with van der Waals surface area (Å²) in [5, 5.41) is 8.47. The molecule has 0 radical (unpaired) electrons. The Hall–Kier alpha value is -1.74. The van der Waals surface area contributed by atoms with E-state index in [-0.39, 0.29) is 20.9 Å². The van der Waals surface area contributed by atoms with E-state index in [4.69, 9.17) is 5.26 Å². The van der Waals surface area contributed by atoms with Gasteiger partial charge in [-0.25, -0.2) is 8.78 Å². The molecule has 0 spiro atoms. The Morgan fingerprint density at radius 2 is 2.06 bits per heavy atom. The van der Waals surface area contributed by atoms with E-state index in [0.717, 1.165) is 12.1 Å². The Bertz CT molecular complexity index is 688. The molecule has 1 aromatic heterocycles. The summed E-state index contributed by atoms with van der Waals surface area (Å²) in [5.74, 6) is -1.48. The third kappa shape index (κ3) is 1.49. The van der Waals surface area contributed by atoms with Crippen LogP contribution in [0.4, 0.5) is 8.78 Å². The van der Waals surface area contributed by atoms with Gasteiger partial charge in [0, 0.05) is 5.39 Å². The minimum Gasteiger partial charge on any atom is -0.318 e. The van der Waals surface area contributed by atoms with Crippen LogP contribution in [-0.4, -0.2) is 4.98 Å². The lowest BCUT2D eigenvalue weighted by atomic mass is 10.1. The van der Waals surface area contributed by atoms with Crippen molar-refractivity contribution in [1.82, 2.24) is 4.98 Å². The maximum atomic E-state index is 13.6. The molecule has 0 unspecified atom stereocenters. The Kier molecular flexibility index (Phi) is 2.48. The molecule has 1 aromatic carbocycles. The second-order valence-electron chi connectivity index (χ2n) is 3.07. The molecule has 80 valence electrons. The zero-order chi connectivity index (χ0) is 11.9. The van der Waals surface area contributed by atoms with Crippen LogP contribution in [0, 0.1) is 23.0 Å². The van der Waals surface area contributed by atoms with Crippen molar-refractivity contribution in [2.45, 2.75) is 0 Å². The zero-order valence-corrected chi connectivity index (χ0v) is 9.23. The van der Waals surface area contributed by atoms with Gasteiger partial charge in [-0.15, -0.1) is 0 Å². The van der Waals surface area contributed by atoms with Crippen LogP contribution >= 0.6 is 15.9 Å². The van der Waals surface area contributed by atoms with Crippen molar-refractivity contribution < 1.29 is 8.78 Å². The summed E-state index contributed by atoms with van der Waals surface area (Å²) in [6, 6.07) is 3.55. The minimum atomic E-state index is -0.759. The predicted molar refractivity (Wildman–Crippen MR) is 56.9 cm³/mol. The minimum absolute atomic E-state index is 0.0616. The second kappa shape index (κ2) is 3.68. The van der Waals surface area contributed by atoms with Crippen LogP contribution in [-0.2, 0) is 0 Å². The standard InChI is InChI=1S/C10H3BrF2N2O/c11-6-2-7(12)9-5(8(6)13)1-4(3-14)10(16)15-9/h1-2H,(H,15,16). The smallest absolute Gasteiger partial charge is 0.266 e. The molecule has 0 fully saturated rings. The van der Waals surface area contributed by atoms with E-state index in [2.05, 4.69) is 20.9 Å². The van der Waals surface area contributed by atoms with Gasteiger partial charge in [-0.2, -0.15) is 5.26 Å². The molecule has 0 amide bonds. The molecule has 0 saturated heterocycles. The molecular formula is C10H3BrF2N2O. The van der Waals surface area contributed by atoms with E-state index in [1.54, 1.807) is 6.07 Å². The Morgan fingerprint density at radius 1 is 1.38 bits per heavy atom. The van der Waals surface area contributed by atoms with Gasteiger partial charge in [0.25, 0.3) is 5.56 Å². The molecule has 6 heteroatoms. The van der Waals surface area contributed by atoms with Gasteiger partial charge in [0.1, 0.15) is 23.3 Å². The van der Waals surface area contributed by atoms with Gasteiger partial charge in [-0.1, -0.05) is 0 Å². The molecule has 1 N–H and O–H groups in total. The highest BCUT2D eigenvalue weighted by Gasteiger charge is 2.13. The van der Waals surface area contributed by atoms with Crippen LogP contribution < -0.4 is 5.56 Å². The number of nitrogens with one attached hydrogen (secondary N) is 1. The first-order valence-electron chi connectivity index (χ1n) is 4.15. The van der Waals surface area contributed by atoms with Crippen molar-refractivity contribution in [3.05, 3.63) is 44.2 Å². The van der Waals surface area contributed by atoms with E-state index in [1.165, 1.54) is 0 Å². The van der Waals surface area contributed by atoms with E-state index in [9.17, 15) is 13.6 Å². The lowest BCUT2D eigenvalue weighted by Crippen LogP contribution is -2.10. The maximum absolute atomic E-state index is 13.6. The van der Waals surface area contributed by atoms with Gasteiger partial charge >= 0.3 is 0 Å². The molecule has 0 atom stereocenters. The molecule has 2 rings (SSSR count). The molecular weight excluding hydrogens is 282 g/mol. The van der Waals surface area contributed by atoms with Crippen LogP contribution in [0.25, 0.3) is 10.9 Å². The van der Waals surface area contributed by atoms with Gasteiger partial charge in [0.2, 0.25) is 0 Å². The lowest BCUT2D eigenvalue weighted by Gasteiger charge is -2.03. The van der Waals surface area contributed by atoms with Gasteiger partial charge in [0.05, 0.1) is 9.99 Å². The SMILES string of the molecule is N#Cc1cc2c(F)c(Br)cc(F)c2[nH]c1=O. The highest BCUT2D eigenvalue weighted by molar-refractivity contribution is 9.10. The summed E-state index contributed by atoms with van der Waals surface area (Å²) in [7, 11) is 0. The van der Waals surface area contributed by atoms with Crippen molar-refractivity contribution in [3.63, 3.8) is 0 Å². The molecule has 0 bridgehead atoms. The molecule has 16 heavy (non-hydrogen) atoms. The van der Waals surface area contributed by atoms with Crippen LogP contribution in [0.3, 0.4) is 0 Å². The van der Waals surface area contributed by atoms with Crippen LogP contribution in [0.2, 0.25) is 0 Å². The fourth-order valence-corrected chi connectivity index (χ4v) is 1.76. The first-order chi connectivity index (χ1) is 7.54. The molecule has 0 aliphatic rings. The van der Waals surface area contributed by atoms with E-state index in [0.29, 0.717) is 0 Å². The summed E-state index contributed by atoms with van der Waals surface area (Å²) in [6.45, 7) is 0. The highest BCUT2D eigenvalue weighted by atomic mass is 79.9. The van der Waals surface area contributed by atoms with Crippen molar-refractivity contribution >= 4 is 26.8 Å². The fraction of sp³-hybridized carbons (Fsp3) is 0. The first-order valence-corrected chi connectivity index (χ1v) is 4.94. The van der Waals surface area contributed by atoms with Crippen LogP contribution in [0.1, 0.15) is 5.56 Å². The summed E-state index contributed by atoms with van der Waals surface area (Å²) in [6.07, 6.45) is 0.